The van der Waals surface area contributed by atoms with E-state index in [-0.39, 0.29) is 30.1 Å². The van der Waals surface area contributed by atoms with E-state index < -0.39 is 5.79 Å². The number of amides is 1. The first-order valence-corrected chi connectivity index (χ1v) is 15.6. The molecule has 212 valence electrons. The minimum absolute atomic E-state index is 0.164. The lowest BCUT2D eigenvalue weighted by Crippen LogP contribution is -2.39. The average molecular weight is 564 g/mol. The van der Waals surface area contributed by atoms with Crippen molar-refractivity contribution in [2.24, 2.45) is 5.92 Å². The van der Waals surface area contributed by atoms with Gasteiger partial charge >= 0.3 is 0 Å². The fraction of sp³-hybridized carbons (Fsp3) is 0.621. The summed E-state index contributed by atoms with van der Waals surface area (Å²) in [4.78, 5) is 25.4. The highest BCUT2D eigenvalue weighted by atomic mass is 32.2. The molecule has 4 fully saturated rings. The van der Waals surface area contributed by atoms with Gasteiger partial charge in [-0.3, -0.25) is 4.79 Å². The average Bonchev–Trinajstić information content (AvgIpc) is 3.35. The zero-order valence-electron chi connectivity index (χ0n) is 23.3. The van der Waals surface area contributed by atoms with Gasteiger partial charge in [0.15, 0.2) is 27.9 Å². The molecule has 1 aromatic carbocycles. The number of nitrogens with zero attached hydrogens (tertiary/aromatic N) is 6. The van der Waals surface area contributed by atoms with Gasteiger partial charge in [0, 0.05) is 30.8 Å². The van der Waals surface area contributed by atoms with Crippen LogP contribution in [0.1, 0.15) is 70.4 Å². The zero-order valence-corrected chi connectivity index (χ0v) is 24.1. The number of carbonyl (C=O) groups is 1. The molecule has 1 N–H and O–H groups in total. The Morgan fingerprint density at radius 2 is 1.88 bits per heavy atom. The van der Waals surface area contributed by atoms with Gasteiger partial charge in [-0.05, 0) is 51.5 Å². The fourth-order valence-corrected chi connectivity index (χ4v) is 7.29. The number of hydrogen-bond acceptors (Lipinski definition) is 9. The van der Waals surface area contributed by atoms with Crippen molar-refractivity contribution >= 4 is 34.7 Å². The third kappa shape index (κ3) is 4.75. The molecule has 2 aliphatic carbocycles. The predicted molar refractivity (Wildman–Crippen MR) is 152 cm³/mol. The Morgan fingerprint density at radius 1 is 1.10 bits per heavy atom. The number of hydrogen-bond donors (Lipinski definition) is 1. The summed E-state index contributed by atoms with van der Waals surface area (Å²) in [6.45, 7) is 7.63. The van der Waals surface area contributed by atoms with Crippen LogP contribution in [0, 0.1) is 5.92 Å². The molecular weight excluding hydrogens is 526 g/mol. The molecule has 1 amide bonds. The Bertz CT molecular complexity index is 1390. The molecule has 7 rings (SSSR count). The first-order valence-electron chi connectivity index (χ1n) is 14.6. The Hall–Kier alpha value is -2.76. The maximum Gasteiger partial charge on any atom is 0.228 e. The summed E-state index contributed by atoms with van der Waals surface area (Å²) in [7, 11) is 0. The molecule has 0 spiro atoms. The van der Waals surface area contributed by atoms with E-state index in [0.717, 1.165) is 50.3 Å². The molecule has 4 aliphatic rings. The number of fused-ring (bicyclic) bond motifs is 2. The monoisotopic (exact) mass is 563 g/mol. The molecule has 2 saturated carbocycles. The van der Waals surface area contributed by atoms with E-state index in [1.807, 2.05) is 23.4 Å². The molecule has 2 aliphatic heterocycles. The van der Waals surface area contributed by atoms with Crippen LogP contribution in [-0.2, 0) is 14.3 Å². The molecule has 0 bridgehead atoms. The summed E-state index contributed by atoms with van der Waals surface area (Å²) < 4.78 is 14.6. The van der Waals surface area contributed by atoms with E-state index in [9.17, 15) is 4.79 Å². The molecule has 3 aromatic rings. The van der Waals surface area contributed by atoms with E-state index in [1.165, 1.54) is 5.56 Å². The number of carbonyl (C=O) groups excluding carboxylic acids is 1. The van der Waals surface area contributed by atoms with Gasteiger partial charge in [0.2, 0.25) is 5.91 Å². The van der Waals surface area contributed by atoms with Crippen LogP contribution in [0.5, 0.6) is 0 Å². The van der Waals surface area contributed by atoms with Gasteiger partial charge < -0.3 is 19.7 Å². The highest BCUT2D eigenvalue weighted by molar-refractivity contribution is 7.99. The van der Waals surface area contributed by atoms with Crippen LogP contribution in [0.15, 0.2) is 35.5 Å². The molecule has 2 unspecified atom stereocenters. The van der Waals surface area contributed by atoms with Crippen LogP contribution in [0.4, 0.5) is 5.82 Å². The Balaban J connectivity index is 1.22. The maximum atomic E-state index is 13.6. The number of aromatic nitrogens is 5. The number of likely N-dealkylation sites (tertiary alicyclic amines) is 1. The van der Waals surface area contributed by atoms with Gasteiger partial charge in [-0.1, -0.05) is 54.2 Å². The number of thioether (sulfide) groups is 1. The van der Waals surface area contributed by atoms with Crippen molar-refractivity contribution in [3.05, 3.63) is 35.9 Å². The Kier molecular flexibility index (Phi) is 6.71. The standard InChI is InChI=1S/C29H37N7O3S/c1-4-14-40-28-31-25(30-20-15-18(20)17-10-6-5-7-11-17)22-26(32-28)36(34-33-22)21-16-19(27(37)35-12-8-9-13-35)23-24(21)39-29(2,3)38-23/h5-7,10-11,18-21,23-24H,4,8-9,12-16H2,1-3H3,(H,30,31,32)/t18?,19-,20?,21+,23+,24-/m0/s1. The number of ether oxygens (including phenoxy) is 2. The number of anilines is 1. The molecule has 4 heterocycles. The summed E-state index contributed by atoms with van der Waals surface area (Å²) >= 11 is 1.64. The number of benzene rings is 1. The van der Waals surface area contributed by atoms with Crippen LogP contribution in [0.25, 0.3) is 11.2 Å². The number of rotatable bonds is 8. The Labute approximate surface area is 238 Å². The topological polar surface area (TPSA) is 107 Å². The van der Waals surface area contributed by atoms with E-state index in [2.05, 4.69) is 52.9 Å². The van der Waals surface area contributed by atoms with Crippen molar-refractivity contribution < 1.29 is 14.3 Å². The highest BCUT2D eigenvalue weighted by Gasteiger charge is 2.58. The molecule has 11 heteroatoms. The molecule has 10 nitrogen and oxygen atoms in total. The van der Waals surface area contributed by atoms with Gasteiger partial charge in [-0.15, -0.1) is 5.10 Å². The summed E-state index contributed by atoms with van der Waals surface area (Å²) in [5.41, 5.74) is 2.67. The van der Waals surface area contributed by atoms with E-state index in [1.54, 1.807) is 11.8 Å². The van der Waals surface area contributed by atoms with Crippen molar-refractivity contribution in [2.75, 3.05) is 24.2 Å². The molecule has 6 atom stereocenters. The van der Waals surface area contributed by atoms with Gasteiger partial charge in [-0.25, -0.2) is 14.6 Å². The SMILES string of the molecule is CCCSc1nc(NC2CC2c2ccccc2)c2nnn([C@@H]3C[C@H](C(=O)N4CCCC4)[C@H]4OC(C)(C)O[C@H]43)c2n1. The second kappa shape index (κ2) is 10.3. The third-order valence-corrected chi connectivity index (χ3v) is 9.62. The number of nitrogens with one attached hydrogen (secondary N) is 1. The van der Waals surface area contributed by atoms with Crippen LogP contribution < -0.4 is 5.32 Å². The van der Waals surface area contributed by atoms with Gasteiger partial charge in [0.05, 0.1) is 12.0 Å². The summed E-state index contributed by atoms with van der Waals surface area (Å²) in [6, 6.07) is 10.7. The Morgan fingerprint density at radius 3 is 2.65 bits per heavy atom. The quantitative estimate of drug-likeness (QED) is 0.315. The fourth-order valence-electron chi connectivity index (χ4n) is 6.60. The van der Waals surface area contributed by atoms with Gasteiger partial charge in [-0.2, -0.15) is 0 Å². The lowest BCUT2D eigenvalue weighted by Gasteiger charge is -2.25. The molecule has 0 radical (unpaired) electrons. The molecular formula is C29H37N7O3S. The predicted octanol–water partition coefficient (Wildman–Crippen LogP) is 4.39. The van der Waals surface area contributed by atoms with Crippen molar-refractivity contribution in [1.29, 1.82) is 0 Å². The van der Waals surface area contributed by atoms with Crippen LogP contribution in [-0.4, -0.2) is 78.6 Å². The highest BCUT2D eigenvalue weighted by Crippen LogP contribution is 2.48. The smallest absolute Gasteiger partial charge is 0.228 e. The van der Waals surface area contributed by atoms with Crippen molar-refractivity contribution in [1.82, 2.24) is 29.9 Å². The maximum absolute atomic E-state index is 13.6. The summed E-state index contributed by atoms with van der Waals surface area (Å²) in [5, 5.41) is 13.6. The van der Waals surface area contributed by atoms with E-state index in [0.29, 0.717) is 34.7 Å². The molecule has 40 heavy (non-hydrogen) atoms. The van der Waals surface area contributed by atoms with Crippen LogP contribution in [0.2, 0.25) is 0 Å². The first kappa shape index (κ1) is 26.2. The van der Waals surface area contributed by atoms with Crippen LogP contribution in [0.3, 0.4) is 0 Å². The largest absolute Gasteiger partial charge is 0.365 e. The van der Waals surface area contributed by atoms with Crippen LogP contribution >= 0.6 is 11.8 Å². The normalized spacial score (nSPS) is 30.6. The molecule has 2 aromatic heterocycles. The van der Waals surface area contributed by atoms with Crippen molar-refractivity contribution in [3.63, 3.8) is 0 Å². The second-order valence-corrected chi connectivity index (χ2v) is 13.0. The van der Waals surface area contributed by atoms with Gasteiger partial charge in [0.25, 0.3) is 0 Å². The zero-order chi connectivity index (χ0) is 27.4. The second-order valence-electron chi connectivity index (χ2n) is 11.9. The summed E-state index contributed by atoms with van der Waals surface area (Å²) in [6.07, 6.45) is 4.15. The van der Waals surface area contributed by atoms with E-state index in [4.69, 9.17) is 19.4 Å². The van der Waals surface area contributed by atoms with Crippen molar-refractivity contribution in [2.45, 2.75) is 94.0 Å². The van der Waals surface area contributed by atoms with E-state index >= 15 is 0 Å². The van der Waals surface area contributed by atoms with Crippen molar-refractivity contribution in [3.8, 4) is 0 Å². The minimum atomic E-state index is -0.768. The summed E-state index contributed by atoms with van der Waals surface area (Å²) in [5.74, 6) is 1.22. The minimum Gasteiger partial charge on any atom is -0.365 e. The molecule has 2 saturated heterocycles. The van der Waals surface area contributed by atoms with Gasteiger partial charge in [0.1, 0.15) is 12.2 Å². The lowest BCUT2D eigenvalue weighted by molar-refractivity contribution is -0.165. The first-order chi connectivity index (χ1) is 19.4. The lowest BCUT2D eigenvalue weighted by atomic mass is 10.0. The third-order valence-electron chi connectivity index (χ3n) is 8.56.